The number of hydrogen-bond donors (Lipinski definition) is 3. The van der Waals surface area contributed by atoms with Crippen molar-refractivity contribution < 1.29 is 14.0 Å². The fraction of sp³-hybridized carbons (Fsp3) is 0.0667. The summed E-state index contributed by atoms with van der Waals surface area (Å²) in [5, 5.41) is 11.8. The minimum atomic E-state index is -0.538. The summed E-state index contributed by atoms with van der Waals surface area (Å²) in [6.45, 7) is 1.83. The average Bonchev–Trinajstić information content (AvgIpc) is 3.19. The number of benzene rings is 1. The fourth-order valence-corrected chi connectivity index (χ4v) is 3.17. The van der Waals surface area contributed by atoms with E-state index >= 15 is 0 Å². The van der Waals surface area contributed by atoms with Crippen molar-refractivity contribution in [2.75, 3.05) is 16.0 Å². The molecular weight excluding hydrogens is 365 g/mol. The van der Waals surface area contributed by atoms with Crippen molar-refractivity contribution in [2.24, 2.45) is 0 Å². The van der Waals surface area contributed by atoms with Crippen LogP contribution in [0.3, 0.4) is 0 Å². The van der Waals surface area contributed by atoms with Gasteiger partial charge in [0.1, 0.15) is 11.5 Å². The van der Waals surface area contributed by atoms with Gasteiger partial charge < -0.3 is 5.32 Å². The summed E-state index contributed by atoms with van der Waals surface area (Å²) >= 11 is 2.43. The Balaban J connectivity index is 1.58. The molecule has 0 aliphatic heterocycles. The van der Waals surface area contributed by atoms with Crippen molar-refractivity contribution in [3.05, 3.63) is 52.2 Å². The van der Waals surface area contributed by atoms with Crippen LogP contribution < -0.4 is 16.0 Å². The number of amides is 3. The van der Waals surface area contributed by atoms with Crippen molar-refractivity contribution in [1.82, 2.24) is 9.97 Å². The number of nitrogens with one attached hydrogen (secondary N) is 3. The molecule has 1 aromatic carbocycles. The lowest BCUT2D eigenvalue weighted by atomic mass is 10.3. The zero-order valence-electron chi connectivity index (χ0n) is 12.9. The molecule has 0 spiro atoms. The molecule has 0 fully saturated rings. The van der Waals surface area contributed by atoms with Crippen LogP contribution in [-0.4, -0.2) is 21.9 Å². The minimum absolute atomic E-state index is 0.176. The predicted molar refractivity (Wildman–Crippen MR) is 96.0 cm³/mol. The zero-order valence-corrected chi connectivity index (χ0v) is 14.5. The Kier molecular flexibility index (Phi) is 5.00. The predicted octanol–water partition coefficient (Wildman–Crippen LogP) is 3.94. The largest absolute Gasteiger partial charge is 0.325 e. The molecule has 25 heavy (non-hydrogen) atoms. The highest BCUT2D eigenvalue weighted by atomic mass is 32.1. The maximum absolute atomic E-state index is 12.8. The first-order valence-electron chi connectivity index (χ1n) is 7.02. The van der Waals surface area contributed by atoms with Gasteiger partial charge in [-0.1, -0.05) is 0 Å². The summed E-state index contributed by atoms with van der Waals surface area (Å²) in [6, 6.07) is 4.81. The minimum Gasteiger partial charge on any atom is -0.308 e. The van der Waals surface area contributed by atoms with Crippen molar-refractivity contribution >= 4 is 50.6 Å². The van der Waals surface area contributed by atoms with Gasteiger partial charge in [0.25, 0.3) is 5.91 Å². The second-order valence-electron chi connectivity index (χ2n) is 4.87. The first-order chi connectivity index (χ1) is 12.0. The molecule has 128 valence electrons. The standard InChI is InChI=1S/C15H12FN5O2S2/c1-8-6-24-14(17-8)20-12(22)11-7-25-15(19-11)21-13(23)18-10-4-2-9(16)3-5-10/h2-7H,1H3,(H,17,20,22)(H2,18,19,21,23). The lowest BCUT2D eigenvalue weighted by Crippen LogP contribution is -2.19. The van der Waals surface area contributed by atoms with Gasteiger partial charge in [-0.25, -0.2) is 19.2 Å². The van der Waals surface area contributed by atoms with Crippen LogP contribution in [0.4, 0.5) is 25.1 Å². The third-order valence-corrected chi connectivity index (χ3v) is 4.53. The van der Waals surface area contributed by atoms with Gasteiger partial charge in [0.05, 0.1) is 5.69 Å². The van der Waals surface area contributed by atoms with E-state index in [9.17, 15) is 14.0 Å². The number of aromatic nitrogens is 2. The van der Waals surface area contributed by atoms with E-state index in [1.165, 1.54) is 41.0 Å². The molecule has 0 atom stereocenters. The summed E-state index contributed by atoms with van der Waals surface area (Å²) in [6.07, 6.45) is 0. The Morgan fingerprint density at radius 1 is 0.960 bits per heavy atom. The molecule has 2 aromatic heterocycles. The highest BCUT2D eigenvalue weighted by Crippen LogP contribution is 2.19. The first kappa shape index (κ1) is 17.0. The number of carbonyl (C=O) groups excluding carboxylic acids is 2. The van der Waals surface area contributed by atoms with Crippen molar-refractivity contribution in [3.8, 4) is 0 Å². The Hall–Kier alpha value is -2.85. The molecule has 0 radical (unpaired) electrons. The Morgan fingerprint density at radius 2 is 1.64 bits per heavy atom. The molecule has 3 N–H and O–H groups in total. The van der Waals surface area contributed by atoms with Crippen LogP contribution >= 0.6 is 22.7 Å². The van der Waals surface area contributed by atoms with E-state index in [1.54, 1.807) is 0 Å². The van der Waals surface area contributed by atoms with E-state index in [0.717, 1.165) is 17.0 Å². The van der Waals surface area contributed by atoms with Gasteiger partial charge in [0.15, 0.2) is 10.3 Å². The summed E-state index contributed by atoms with van der Waals surface area (Å²) in [5.74, 6) is -0.797. The van der Waals surface area contributed by atoms with Gasteiger partial charge in [-0.2, -0.15) is 0 Å². The summed E-state index contributed by atoms with van der Waals surface area (Å²) in [7, 11) is 0. The van der Waals surface area contributed by atoms with Gasteiger partial charge >= 0.3 is 6.03 Å². The number of halogens is 1. The molecule has 2 heterocycles. The third kappa shape index (κ3) is 4.58. The zero-order chi connectivity index (χ0) is 17.8. The fourth-order valence-electron chi connectivity index (χ4n) is 1.80. The Morgan fingerprint density at radius 3 is 2.32 bits per heavy atom. The van der Waals surface area contributed by atoms with Gasteiger partial charge in [-0.05, 0) is 31.2 Å². The van der Waals surface area contributed by atoms with Crippen molar-refractivity contribution in [3.63, 3.8) is 0 Å². The molecule has 0 aliphatic rings. The van der Waals surface area contributed by atoms with Crippen LogP contribution in [0.1, 0.15) is 16.2 Å². The van der Waals surface area contributed by atoms with E-state index in [4.69, 9.17) is 0 Å². The van der Waals surface area contributed by atoms with E-state index in [0.29, 0.717) is 10.8 Å². The van der Waals surface area contributed by atoms with E-state index in [2.05, 4.69) is 25.9 Å². The van der Waals surface area contributed by atoms with Gasteiger partial charge in [0.2, 0.25) is 0 Å². The molecule has 3 amide bonds. The molecule has 0 saturated heterocycles. The number of nitrogens with zero attached hydrogens (tertiary/aromatic N) is 2. The molecule has 0 bridgehead atoms. The van der Waals surface area contributed by atoms with E-state index in [-0.39, 0.29) is 10.8 Å². The number of rotatable bonds is 4. The first-order valence-corrected chi connectivity index (χ1v) is 8.78. The maximum atomic E-state index is 12.8. The van der Waals surface area contributed by atoms with Crippen LogP contribution in [0.25, 0.3) is 0 Å². The summed E-state index contributed by atoms with van der Waals surface area (Å²) in [4.78, 5) is 32.2. The second kappa shape index (κ2) is 7.36. The van der Waals surface area contributed by atoms with Gasteiger partial charge in [0, 0.05) is 16.4 Å². The molecule has 0 saturated carbocycles. The van der Waals surface area contributed by atoms with Crippen LogP contribution in [0.5, 0.6) is 0 Å². The monoisotopic (exact) mass is 377 g/mol. The molecular formula is C15H12FN5O2S2. The average molecular weight is 377 g/mol. The molecule has 0 unspecified atom stereocenters. The van der Waals surface area contributed by atoms with Crippen molar-refractivity contribution in [1.29, 1.82) is 0 Å². The van der Waals surface area contributed by atoms with E-state index in [1.807, 2.05) is 12.3 Å². The third-order valence-electron chi connectivity index (χ3n) is 2.90. The maximum Gasteiger partial charge on any atom is 0.325 e. The quantitative estimate of drug-likeness (QED) is 0.642. The van der Waals surface area contributed by atoms with Crippen LogP contribution in [0.15, 0.2) is 35.0 Å². The molecule has 7 nitrogen and oxygen atoms in total. The molecule has 10 heteroatoms. The number of anilines is 3. The Bertz CT molecular complexity index is 907. The van der Waals surface area contributed by atoms with Gasteiger partial charge in [-0.15, -0.1) is 22.7 Å². The molecule has 0 aliphatic carbocycles. The highest BCUT2D eigenvalue weighted by molar-refractivity contribution is 7.14. The summed E-state index contributed by atoms with van der Waals surface area (Å²) < 4.78 is 12.8. The number of aryl methyl sites for hydroxylation is 1. The van der Waals surface area contributed by atoms with E-state index < -0.39 is 17.8 Å². The van der Waals surface area contributed by atoms with Gasteiger partial charge in [-0.3, -0.25) is 15.4 Å². The molecule has 3 aromatic rings. The number of urea groups is 1. The van der Waals surface area contributed by atoms with Crippen molar-refractivity contribution in [2.45, 2.75) is 6.92 Å². The lowest BCUT2D eigenvalue weighted by Gasteiger charge is -2.04. The molecule has 3 rings (SSSR count). The second-order valence-corrected chi connectivity index (χ2v) is 6.59. The number of carbonyl (C=O) groups is 2. The number of thiazole rings is 2. The SMILES string of the molecule is Cc1csc(NC(=O)c2csc(NC(=O)Nc3ccc(F)cc3)n2)n1. The van der Waals surface area contributed by atoms with Crippen LogP contribution in [0, 0.1) is 12.7 Å². The van der Waals surface area contributed by atoms with Crippen LogP contribution in [-0.2, 0) is 0 Å². The normalized spacial score (nSPS) is 10.3. The smallest absolute Gasteiger partial charge is 0.308 e. The topological polar surface area (TPSA) is 96.0 Å². The number of hydrogen-bond acceptors (Lipinski definition) is 6. The van der Waals surface area contributed by atoms with Crippen LogP contribution in [0.2, 0.25) is 0 Å². The summed E-state index contributed by atoms with van der Waals surface area (Å²) in [5.41, 5.74) is 1.43. The highest BCUT2D eigenvalue weighted by Gasteiger charge is 2.14. The lowest BCUT2D eigenvalue weighted by molar-refractivity contribution is 0.102. The Labute approximate surface area is 149 Å².